The number of hydrogen-bond donors (Lipinski definition) is 1. The van der Waals surface area contributed by atoms with E-state index in [0.29, 0.717) is 25.4 Å². The van der Waals surface area contributed by atoms with Crippen LogP contribution in [0, 0.1) is 5.92 Å². The summed E-state index contributed by atoms with van der Waals surface area (Å²) in [6, 6.07) is 21.0. The predicted molar refractivity (Wildman–Crippen MR) is 126 cm³/mol. The maximum absolute atomic E-state index is 13.1. The van der Waals surface area contributed by atoms with Gasteiger partial charge in [-0.1, -0.05) is 55.5 Å². The quantitative estimate of drug-likeness (QED) is 0.635. The number of piperidine rings is 1. The number of likely N-dealkylation sites (tertiary alicyclic amines) is 1. The molecular formula is C27H30N2O2. The summed E-state index contributed by atoms with van der Waals surface area (Å²) in [7, 11) is 1.67. The summed E-state index contributed by atoms with van der Waals surface area (Å²) >= 11 is 0. The molecule has 1 N–H and O–H groups in total. The van der Waals surface area contributed by atoms with Crippen molar-refractivity contribution in [1.82, 2.24) is 10.2 Å². The second kappa shape index (κ2) is 9.34. The van der Waals surface area contributed by atoms with Crippen LogP contribution in [0.15, 0.2) is 60.7 Å². The van der Waals surface area contributed by atoms with Crippen LogP contribution in [0.4, 0.5) is 0 Å². The lowest BCUT2D eigenvalue weighted by atomic mass is 9.92. The molecule has 1 saturated heterocycles. The van der Waals surface area contributed by atoms with Gasteiger partial charge in [-0.25, -0.2) is 0 Å². The number of hydrogen-bond acceptors (Lipinski definition) is 2. The normalized spacial score (nSPS) is 14.6. The van der Waals surface area contributed by atoms with Crippen molar-refractivity contribution < 1.29 is 9.59 Å². The molecule has 31 heavy (non-hydrogen) atoms. The average molecular weight is 415 g/mol. The number of nitrogens with one attached hydrogen (secondary N) is 1. The number of rotatable bonds is 5. The zero-order valence-corrected chi connectivity index (χ0v) is 18.4. The molecular weight excluding hydrogens is 384 g/mol. The number of nitrogens with zero attached hydrogens (tertiary/aromatic N) is 1. The molecule has 4 rings (SSSR count). The summed E-state index contributed by atoms with van der Waals surface area (Å²) in [5, 5.41) is 4.93. The average Bonchev–Trinajstić information content (AvgIpc) is 2.83. The molecule has 1 aliphatic heterocycles. The standard InChI is InChI=1S/C27H30N2O2/c1-3-19-7-9-21(10-8-19)24-6-4-5-22-18-23(11-12-25(22)24)27(31)29-15-13-20(14-16-29)17-26(30)28-2/h4-12,18,20H,3,13-17H2,1-2H3,(H,28,30). The van der Waals surface area contributed by atoms with Gasteiger partial charge < -0.3 is 10.2 Å². The number of benzene rings is 3. The molecule has 1 fully saturated rings. The van der Waals surface area contributed by atoms with Gasteiger partial charge in [-0.15, -0.1) is 0 Å². The molecule has 0 bridgehead atoms. The zero-order chi connectivity index (χ0) is 21.8. The third kappa shape index (κ3) is 4.63. The smallest absolute Gasteiger partial charge is 0.253 e. The van der Waals surface area contributed by atoms with Crippen LogP contribution in [-0.2, 0) is 11.2 Å². The van der Waals surface area contributed by atoms with Crippen molar-refractivity contribution in [2.24, 2.45) is 5.92 Å². The fourth-order valence-corrected chi connectivity index (χ4v) is 4.48. The minimum Gasteiger partial charge on any atom is -0.359 e. The Balaban J connectivity index is 1.52. The summed E-state index contributed by atoms with van der Waals surface area (Å²) in [4.78, 5) is 26.6. The van der Waals surface area contributed by atoms with Crippen molar-refractivity contribution in [2.45, 2.75) is 32.6 Å². The maximum atomic E-state index is 13.1. The monoisotopic (exact) mass is 414 g/mol. The molecule has 1 aliphatic rings. The van der Waals surface area contributed by atoms with Gasteiger partial charge in [0, 0.05) is 32.1 Å². The van der Waals surface area contributed by atoms with Gasteiger partial charge in [-0.3, -0.25) is 9.59 Å². The second-order valence-electron chi connectivity index (χ2n) is 8.40. The Kier molecular flexibility index (Phi) is 6.36. The molecule has 3 aromatic carbocycles. The van der Waals surface area contributed by atoms with Gasteiger partial charge in [-0.05, 0) is 64.8 Å². The lowest BCUT2D eigenvalue weighted by Gasteiger charge is -2.31. The Morgan fingerprint density at radius 2 is 1.74 bits per heavy atom. The fraction of sp³-hybridized carbons (Fsp3) is 0.333. The summed E-state index contributed by atoms with van der Waals surface area (Å²) in [6.45, 7) is 3.58. The van der Waals surface area contributed by atoms with Gasteiger partial charge in [0.15, 0.2) is 0 Å². The van der Waals surface area contributed by atoms with E-state index in [-0.39, 0.29) is 11.8 Å². The molecule has 1 heterocycles. The molecule has 4 nitrogen and oxygen atoms in total. The Morgan fingerprint density at radius 3 is 2.42 bits per heavy atom. The van der Waals surface area contributed by atoms with E-state index in [4.69, 9.17) is 0 Å². The van der Waals surface area contributed by atoms with Crippen molar-refractivity contribution in [1.29, 1.82) is 0 Å². The third-order valence-corrected chi connectivity index (χ3v) is 6.46. The highest BCUT2D eigenvalue weighted by atomic mass is 16.2. The number of aryl methyl sites for hydroxylation is 1. The van der Waals surface area contributed by atoms with E-state index < -0.39 is 0 Å². The van der Waals surface area contributed by atoms with Crippen LogP contribution in [0.1, 0.15) is 42.1 Å². The molecule has 0 unspecified atom stereocenters. The van der Waals surface area contributed by atoms with Crippen LogP contribution in [0.25, 0.3) is 21.9 Å². The number of fused-ring (bicyclic) bond motifs is 1. The lowest BCUT2D eigenvalue weighted by molar-refractivity contribution is -0.121. The van der Waals surface area contributed by atoms with E-state index in [2.05, 4.69) is 60.8 Å². The van der Waals surface area contributed by atoms with Crippen molar-refractivity contribution in [3.63, 3.8) is 0 Å². The SMILES string of the molecule is CCc1ccc(-c2cccc3cc(C(=O)N4CCC(CC(=O)NC)CC4)ccc23)cc1. The van der Waals surface area contributed by atoms with Gasteiger partial charge in [0.1, 0.15) is 0 Å². The molecule has 0 saturated carbocycles. The van der Waals surface area contributed by atoms with Crippen molar-refractivity contribution in [3.05, 3.63) is 71.8 Å². The molecule has 3 aromatic rings. The van der Waals surface area contributed by atoms with E-state index >= 15 is 0 Å². The zero-order valence-electron chi connectivity index (χ0n) is 18.4. The van der Waals surface area contributed by atoms with Crippen LogP contribution >= 0.6 is 0 Å². The van der Waals surface area contributed by atoms with Crippen molar-refractivity contribution in [3.8, 4) is 11.1 Å². The number of carbonyl (C=O) groups is 2. The van der Waals surface area contributed by atoms with Crippen molar-refractivity contribution in [2.75, 3.05) is 20.1 Å². The second-order valence-corrected chi connectivity index (χ2v) is 8.40. The molecule has 0 aliphatic carbocycles. The third-order valence-electron chi connectivity index (χ3n) is 6.46. The molecule has 0 spiro atoms. The van der Waals surface area contributed by atoms with Crippen LogP contribution in [0.5, 0.6) is 0 Å². The van der Waals surface area contributed by atoms with E-state index in [1.807, 2.05) is 17.0 Å². The van der Waals surface area contributed by atoms with Crippen LogP contribution in [0.3, 0.4) is 0 Å². The Morgan fingerprint density at radius 1 is 1.00 bits per heavy atom. The first-order valence-corrected chi connectivity index (χ1v) is 11.2. The molecule has 2 amide bonds. The first-order chi connectivity index (χ1) is 15.1. The minimum atomic E-state index is 0.0815. The lowest BCUT2D eigenvalue weighted by Crippen LogP contribution is -2.39. The molecule has 0 atom stereocenters. The Labute approximate surface area is 184 Å². The maximum Gasteiger partial charge on any atom is 0.253 e. The molecule has 0 aromatic heterocycles. The largest absolute Gasteiger partial charge is 0.359 e. The van der Waals surface area contributed by atoms with Gasteiger partial charge in [0.25, 0.3) is 5.91 Å². The van der Waals surface area contributed by atoms with Gasteiger partial charge in [0.2, 0.25) is 5.91 Å². The van der Waals surface area contributed by atoms with E-state index in [0.717, 1.165) is 35.6 Å². The fourth-order valence-electron chi connectivity index (χ4n) is 4.48. The topological polar surface area (TPSA) is 49.4 Å². The summed E-state index contributed by atoms with van der Waals surface area (Å²) in [5.41, 5.74) is 4.45. The van der Waals surface area contributed by atoms with Crippen molar-refractivity contribution >= 4 is 22.6 Å². The summed E-state index contributed by atoms with van der Waals surface area (Å²) < 4.78 is 0. The Hall–Kier alpha value is -3.14. The first-order valence-electron chi connectivity index (χ1n) is 11.2. The predicted octanol–water partition coefficient (Wildman–Crippen LogP) is 5.06. The highest BCUT2D eigenvalue weighted by Crippen LogP contribution is 2.30. The summed E-state index contributed by atoms with van der Waals surface area (Å²) in [6.07, 6.45) is 3.34. The number of amides is 2. The highest BCUT2D eigenvalue weighted by molar-refractivity contribution is 6.02. The Bertz CT molecular complexity index is 1080. The summed E-state index contributed by atoms with van der Waals surface area (Å²) in [5.74, 6) is 0.527. The minimum absolute atomic E-state index is 0.0815. The van der Waals surface area contributed by atoms with Gasteiger partial charge in [-0.2, -0.15) is 0 Å². The van der Waals surface area contributed by atoms with E-state index in [9.17, 15) is 9.59 Å². The molecule has 160 valence electrons. The van der Waals surface area contributed by atoms with Crippen LogP contribution in [0.2, 0.25) is 0 Å². The first kappa shape index (κ1) is 21.1. The van der Waals surface area contributed by atoms with Crippen LogP contribution < -0.4 is 5.32 Å². The van der Waals surface area contributed by atoms with Crippen LogP contribution in [-0.4, -0.2) is 36.9 Å². The van der Waals surface area contributed by atoms with Gasteiger partial charge in [0.05, 0.1) is 0 Å². The molecule has 4 heteroatoms. The molecule has 0 radical (unpaired) electrons. The van der Waals surface area contributed by atoms with E-state index in [1.165, 1.54) is 16.7 Å². The van der Waals surface area contributed by atoms with Gasteiger partial charge >= 0.3 is 0 Å². The van der Waals surface area contributed by atoms with E-state index in [1.54, 1.807) is 7.05 Å². The number of carbonyl (C=O) groups excluding carboxylic acids is 2. The highest BCUT2D eigenvalue weighted by Gasteiger charge is 2.25.